The standard InChI is InChI=1S/C15H24O3/c1-7-9-11-15(10-8-2)12(16)17-14(6,18-15)13(3,4)5/h7-8H,1-2,9-11H2,3-6H3/t14-,15-/m0/s1. The highest BCUT2D eigenvalue weighted by atomic mass is 16.8. The summed E-state index contributed by atoms with van der Waals surface area (Å²) in [5.74, 6) is -1.18. The van der Waals surface area contributed by atoms with Gasteiger partial charge in [-0.05, 0) is 12.8 Å². The summed E-state index contributed by atoms with van der Waals surface area (Å²) < 4.78 is 11.6. The third-order valence-corrected chi connectivity index (χ3v) is 3.64. The third kappa shape index (κ3) is 2.51. The first-order valence-corrected chi connectivity index (χ1v) is 6.36. The number of carbonyl (C=O) groups is 1. The molecule has 2 atom stereocenters. The molecule has 1 rings (SSSR count). The minimum atomic E-state index is -0.905. The molecule has 1 aliphatic heterocycles. The lowest BCUT2D eigenvalue weighted by atomic mass is 9.86. The van der Waals surface area contributed by atoms with Crippen molar-refractivity contribution in [1.29, 1.82) is 0 Å². The summed E-state index contributed by atoms with van der Waals surface area (Å²) >= 11 is 0. The van der Waals surface area contributed by atoms with Crippen LogP contribution in [0.15, 0.2) is 25.3 Å². The molecule has 0 spiro atoms. The zero-order chi connectivity index (χ0) is 14.0. The van der Waals surface area contributed by atoms with E-state index in [-0.39, 0.29) is 11.4 Å². The van der Waals surface area contributed by atoms with Crippen molar-refractivity contribution in [3.05, 3.63) is 25.3 Å². The van der Waals surface area contributed by atoms with E-state index in [0.717, 1.165) is 0 Å². The van der Waals surface area contributed by atoms with Crippen molar-refractivity contribution in [1.82, 2.24) is 0 Å². The van der Waals surface area contributed by atoms with Gasteiger partial charge in [0.15, 0.2) is 5.60 Å². The van der Waals surface area contributed by atoms with Gasteiger partial charge in [-0.3, -0.25) is 0 Å². The third-order valence-electron chi connectivity index (χ3n) is 3.64. The van der Waals surface area contributed by atoms with Gasteiger partial charge in [-0.2, -0.15) is 0 Å². The van der Waals surface area contributed by atoms with E-state index in [2.05, 4.69) is 13.2 Å². The highest BCUT2D eigenvalue weighted by molar-refractivity contribution is 5.82. The zero-order valence-electron chi connectivity index (χ0n) is 11.9. The van der Waals surface area contributed by atoms with Crippen molar-refractivity contribution >= 4 is 5.97 Å². The molecule has 102 valence electrons. The van der Waals surface area contributed by atoms with Crippen LogP contribution in [0.25, 0.3) is 0 Å². The van der Waals surface area contributed by atoms with Crippen LogP contribution >= 0.6 is 0 Å². The van der Waals surface area contributed by atoms with E-state index >= 15 is 0 Å². The zero-order valence-corrected chi connectivity index (χ0v) is 11.9. The molecule has 3 heteroatoms. The largest absolute Gasteiger partial charge is 0.431 e. The van der Waals surface area contributed by atoms with Crippen molar-refractivity contribution in [2.45, 2.75) is 58.3 Å². The van der Waals surface area contributed by atoms with Gasteiger partial charge in [0.1, 0.15) is 0 Å². The predicted octanol–water partition coefficient (Wildman–Crippen LogP) is 3.60. The van der Waals surface area contributed by atoms with Crippen molar-refractivity contribution < 1.29 is 14.3 Å². The maximum absolute atomic E-state index is 12.2. The quantitative estimate of drug-likeness (QED) is 0.554. The molecular formula is C15H24O3. The first-order chi connectivity index (χ1) is 8.21. The molecule has 0 amide bonds. The second-order valence-corrected chi connectivity index (χ2v) is 6.00. The number of hydrogen-bond acceptors (Lipinski definition) is 3. The molecule has 0 unspecified atom stereocenters. The lowest BCUT2D eigenvalue weighted by Crippen LogP contribution is -2.43. The van der Waals surface area contributed by atoms with Gasteiger partial charge >= 0.3 is 5.97 Å². The number of ether oxygens (including phenoxy) is 2. The summed E-state index contributed by atoms with van der Waals surface area (Å²) in [5.41, 5.74) is -1.18. The fourth-order valence-electron chi connectivity index (χ4n) is 1.96. The average Bonchev–Trinajstić information content (AvgIpc) is 2.49. The molecule has 0 aliphatic carbocycles. The van der Waals surface area contributed by atoms with Crippen molar-refractivity contribution in [2.24, 2.45) is 5.41 Å². The molecular weight excluding hydrogens is 228 g/mol. The smallest absolute Gasteiger partial charge is 0.341 e. The molecule has 1 aliphatic rings. The molecule has 0 aromatic rings. The number of esters is 1. The van der Waals surface area contributed by atoms with E-state index in [1.54, 1.807) is 12.2 Å². The number of hydrogen-bond donors (Lipinski definition) is 0. The number of carbonyl (C=O) groups excluding carboxylic acids is 1. The molecule has 3 nitrogen and oxygen atoms in total. The minimum Gasteiger partial charge on any atom is -0.431 e. The van der Waals surface area contributed by atoms with Crippen molar-refractivity contribution in [3.63, 3.8) is 0 Å². The lowest BCUT2D eigenvalue weighted by molar-refractivity contribution is -0.232. The van der Waals surface area contributed by atoms with E-state index in [1.807, 2.05) is 27.7 Å². The molecule has 1 fully saturated rings. The van der Waals surface area contributed by atoms with Crippen LogP contribution in [0.3, 0.4) is 0 Å². The molecule has 0 radical (unpaired) electrons. The van der Waals surface area contributed by atoms with Crippen LogP contribution in [-0.4, -0.2) is 17.4 Å². The van der Waals surface area contributed by atoms with Crippen molar-refractivity contribution in [3.8, 4) is 0 Å². The van der Waals surface area contributed by atoms with Gasteiger partial charge in [-0.25, -0.2) is 4.79 Å². The van der Waals surface area contributed by atoms with E-state index < -0.39 is 11.4 Å². The van der Waals surface area contributed by atoms with Gasteiger partial charge in [0.05, 0.1) is 0 Å². The van der Waals surface area contributed by atoms with Gasteiger partial charge in [-0.15, -0.1) is 13.2 Å². The van der Waals surface area contributed by atoms with Crippen LogP contribution in [0, 0.1) is 5.41 Å². The summed E-state index contributed by atoms with van der Waals surface area (Å²) in [6.07, 6.45) is 5.24. The van der Waals surface area contributed by atoms with Gasteiger partial charge in [0.25, 0.3) is 0 Å². The highest BCUT2D eigenvalue weighted by Crippen LogP contribution is 2.46. The average molecular weight is 252 g/mol. The summed E-state index contributed by atoms with van der Waals surface area (Å²) in [5, 5.41) is 0. The fourth-order valence-corrected chi connectivity index (χ4v) is 1.96. The lowest BCUT2D eigenvalue weighted by Gasteiger charge is -2.37. The Kier molecular flexibility index (Phi) is 4.06. The number of cyclic esters (lactones) is 1. The Morgan fingerprint density at radius 2 is 1.89 bits per heavy atom. The molecule has 0 N–H and O–H groups in total. The predicted molar refractivity (Wildman–Crippen MR) is 72.0 cm³/mol. The molecule has 1 saturated heterocycles. The van der Waals surface area contributed by atoms with Crippen LogP contribution in [0.5, 0.6) is 0 Å². The Bertz CT molecular complexity index is 353. The monoisotopic (exact) mass is 252 g/mol. The SMILES string of the molecule is C=CCC[C@]1(CC=C)O[C@@](C)(C(C)(C)C)OC1=O. The van der Waals surface area contributed by atoms with Gasteiger partial charge in [0.2, 0.25) is 5.79 Å². The van der Waals surface area contributed by atoms with Crippen LogP contribution in [0.1, 0.15) is 47.0 Å². The second-order valence-electron chi connectivity index (χ2n) is 6.00. The Morgan fingerprint density at radius 1 is 1.28 bits per heavy atom. The van der Waals surface area contributed by atoms with Crippen molar-refractivity contribution in [2.75, 3.05) is 0 Å². The maximum Gasteiger partial charge on any atom is 0.341 e. The maximum atomic E-state index is 12.2. The molecule has 1 heterocycles. The Hall–Kier alpha value is -1.09. The molecule has 0 saturated carbocycles. The van der Waals surface area contributed by atoms with E-state index in [0.29, 0.717) is 19.3 Å². The number of rotatable bonds is 5. The second kappa shape index (κ2) is 4.88. The van der Waals surface area contributed by atoms with Crippen LogP contribution in [-0.2, 0) is 14.3 Å². The first kappa shape index (κ1) is 15.0. The minimum absolute atomic E-state index is 0.278. The normalized spacial score (nSPS) is 32.1. The summed E-state index contributed by atoms with van der Waals surface area (Å²) in [4.78, 5) is 12.2. The van der Waals surface area contributed by atoms with Gasteiger partial charge in [-0.1, -0.05) is 32.9 Å². The molecule has 0 aromatic carbocycles. The fraction of sp³-hybridized carbons (Fsp3) is 0.667. The van der Waals surface area contributed by atoms with Crippen LogP contribution < -0.4 is 0 Å². The topological polar surface area (TPSA) is 35.5 Å². The van der Waals surface area contributed by atoms with E-state index in [9.17, 15) is 4.79 Å². The van der Waals surface area contributed by atoms with Crippen LogP contribution in [0.4, 0.5) is 0 Å². The Labute approximate surface area is 110 Å². The Balaban J connectivity index is 3.03. The first-order valence-electron chi connectivity index (χ1n) is 6.36. The Morgan fingerprint density at radius 3 is 2.28 bits per heavy atom. The van der Waals surface area contributed by atoms with Gasteiger partial charge < -0.3 is 9.47 Å². The molecule has 0 bridgehead atoms. The highest BCUT2D eigenvalue weighted by Gasteiger charge is 2.59. The van der Waals surface area contributed by atoms with Crippen LogP contribution in [0.2, 0.25) is 0 Å². The van der Waals surface area contributed by atoms with E-state index in [1.165, 1.54) is 0 Å². The summed E-state index contributed by atoms with van der Waals surface area (Å²) in [6.45, 7) is 15.2. The van der Waals surface area contributed by atoms with E-state index in [4.69, 9.17) is 9.47 Å². The molecule has 0 aromatic heterocycles. The van der Waals surface area contributed by atoms with Gasteiger partial charge in [0, 0.05) is 18.8 Å². The summed E-state index contributed by atoms with van der Waals surface area (Å²) in [7, 11) is 0. The number of allylic oxidation sites excluding steroid dienone is 1. The summed E-state index contributed by atoms with van der Waals surface area (Å²) in [6, 6.07) is 0. The molecule has 18 heavy (non-hydrogen) atoms.